The van der Waals surface area contributed by atoms with E-state index in [0.29, 0.717) is 61.5 Å². The van der Waals surface area contributed by atoms with Gasteiger partial charge in [0, 0.05) is 41.1 Å². The number of fused-ring (bicyclic) bond motifs is 2. The number of anilines is 1. The van der Waals surface area contributed by atoms with Crippen molar-refractivity contribution in [3.05, 3.63) is 64.5 Å². The Morgan fingerprint density at radius 1 is 1.23 bits per heavy atom. The molecule has 1 fully saturated rings. The van der Waals surface area contributed by atoms with Crippen molar-refractivity contribution in [3.8, 4) is 5.75 Å². The summed E-state index contributed by atoms with van der Waals surface area (Å²) in [4.78, 5) is 40.2. The highest BCUT2D eigenvalue weighted by atomic mass is 16.5. The predicted molar refractivity (Wildman–Crippen MR) is 131 cm³/mol. The molecule has 3 N–H and O–H groups in total. The van der Waals surface area contributed by atoms with Crippen LogP contribution in [0.3, 0.4) is 0 Å². The Labute approximate surface area is 204 Å². The van der Waals surface area contributed by atoms with Gasteiger partial charge in [0.1, 0.15) is 5.75 Å². The van der Waals surface area contributed by atoms with Crippen LogP contribution < -0.4 is 15.4 Å². The number of benzene rings is 2. The lowest BCUT2D eigenvalue weighted by Crippen LogP contribution is -2.28. The lowest BCUT2D eigenvalue weighted by Gasteiger charge is -2.27. The summed E-state index contributed by atoms with van der Waals surface area (Å²) in [5.74, 6) is -0.709. The number of aliphatic carboxylic acids is 1. The van der Waals surface area contributed by atoms with Crippen molar-refractivity contribution in [1.29, 1.82) is 0 Å². The average molecular weight is 476 g/mol. The first kappa shape index (κ1) is 24.3. The van der Waals surface area contributed by atoms with Gasteiger partial charge in [0.25, 0.3) is 5.91 Å². The zero-order valence-corrected chi connectivity index (χ0v) is 19.7. The molecule has 4 rings (SSSR count). The maximum Gasteiger partial charge on any atom is 0.303 e. The fraction of sp³-hybridized carbons (Fsp3) is 0.407. The number of aryl methyl sites for hydroxylation is 1. The lowest BCUT2D eigenvalue weighted by molar-refractivity contribution is -0.137. The maximum atomic E-state index is 13.3. The van der Waals surface area contributed by atoms with Crippen molar-refractivity contribution in [1.82, 2.24) is 5.32 Å². The van der Waals surface area contributed by atoms with Crippen molar-refractivity contribution in [3.63, 3.8) is 0 Å². The van der Waals surface area contributed by atoms with Crippen LogP contribution in [0.25, 0.3) is 4.85 Å². The van der Waals surface area contributed by atoms with Crippen LogP contribution in [0, 0.1) is 12.5 Å². The largest absolute Gasteiger partial charge is 0.493 e. The van der Waals surface area contributed by atoms with Gasteiger partial charge in [-0.05, 0) is 61.9 Å². The highest BCUT2D eigenvalue weighted by Gasteiger charge is 2.61. The quantitative estimate of drug-likeness (QED) is 0.464. The number of nitrogens with one attached hydrogen (secondary N) is 2. The molecule has 0 bridgehead atoms. The normalized spacial score (nSPS) is 19.7. The van der Waals surface area contributed by atoms with Crippen molar-refractivity contribution in [2.24, 2.45) is 5.92 Å². The van der Waals surface area contributed by atoms with E-state index in [2.05, 4.69) is 15.5 Å². The minimum atomic E-state index is -0.866. The zero-order chi connectivity index (χ0) is 25.0. The Hall–Kier alpha value is -3.86. The number of carbonyl (C=O) groups excluding carboxylic acids is 2. The number of carboxylic acids is 1. The molecular weight excluding hydrogens is 446 g/mol. The number of ether oxygens (including phenoxy) is 1. The zero-order valence-electron chi connectivity index (χ0n) is 19.7. The third-order valence-corrected chi connectivity index (χ3v) is 6.83. The Morgan fingerprint density at radius 3 is 2.80 bits per heavy atom. The molecule has 2 aliphatic rings. The highest BCUT2D eigenvalue weighted by molar-refractivity contribution is 5.98. The molecule has 0 unspecified atom stereocenters. The third kappa shape index (κ3) is 5.14. The average Bonchev–Trinajstić information content (AvgIpc) is 3.57. The van der Waals surface area contributed by atoms with E-state index in [1.54, 1.807) is 24.3 Å². The van der Waals surface area contributed by atoms with E-state index in [9.17, 15) is 14.4 Å². The topological polar surface area (TPSA) is 109 Å². The van der Waals surface area contributed by atoms with Crippen LogP contribution >= 0.6 is 0 Å². The molecule has 182 valence electrons. The molecule has 2 aromatic carbocycles. The van der Waals surface area contributed by atoms with Crippen LogP contribution in [-0.4, -0.2) is 36.0 Å². The van der Waals surface area contributed by atoms with E-state index >= 15 is 0 Å². The number of amides is 2. The smallest absolute Gasteiger partial charge is 0.303 e. The van der Waals surface area contributed by atoms with Crippen LogP contribution in [0.2, 0.25) is 0 Å². The molecular formula is C27H29N3O5. The van der Waals surface area contributed by atoms with Gasteiger partial charge in [-0.1, -0.05) is 19.1 Å². The first-order chi connectivity index (χ1) is 16.9. The second-order valence-corrected chi connectivity index (χ2v) is 9.17. The van der Waals surface area contributed by atoms with Gasteiger partial charge in [-0.3, -0.25) is 14.4 Å². The van der Waals surface area contributed by atoms with Gasteiger partial charge in [-0.2, -0.15) is 0 Å². The second-order valence-electron chi connectivity index (χ2n) is 9.17. The first-order valence-electron chi connectivity index (χ1n) is 12.0. The molecule has 2 aromatic rings. The summed E-state index contributed by atoms with van der Waals surface area (Å²) in [6, 6.07) is 10.5. The Kier molecular flexibility index (Phi) is 7.06. The summed E-state index contributed by atoms with van der Waals surface area (Å²) < 4.78 is 5.83. The summed E-state index contributed by atoms with van der Waals surface area (Å²) in [5.41, 5.74) is 2.84. The Morgan fingerprint density at radius 2 is 2.06 bits per heavy atom. The number of carboxylic acid groups (broad SMARTS) is 1. The molecule has 2 atom stereocenters. The van der Waals surface area contributed by atoms with Crippen molar-refractivity contribution < 1.29 is 24.2 Å². The van der Waals surface area contributed by atoms with Gasteiger partial charge in [0.05, 0.1) is 13.2 Å². The van der Waals surface area contributed by atoms with Crippen LogP contribution in [0.1, 0.15) is 60.5 Å². The fourth-order valence-electron chi connectivity index (χ4n) is 4.85. The SMILES string of the molecule is [C-]#[N+]c1ccc(CCCC(=O)O)c(NC(=O)[C@@H]2C[C@]23CCOc2ccc(C(=O)NCCC)cc23)c1. The van der Waals surface area contributed by atoms with Crippen LogP contribution in [-0.2, 0) is 21.4 Å². The molecule has 1 spiro atoms. The number of carbonyl (C=O) groups is 3. The molecule has 0 radical (unpaired) electrons. The molecule has 0 saturated heterocycles. The van der Waals surface area contributed by atoms with Gasteiger partial charge >= 0.3 is 5.97 Å². The van der Waals surface area contributed by atoms with Crippen LogP contribution in [0.5, 0.6) is 5.75 Å². The molecule has 35 heavy (non-hydrogen) atoms. The molecule has 2 amide bonds. The van der Waals surface area contributed by atoms with Gasteiger partial charge in [0.2, 0.25) is 5.91 Å². The van der Waals surface area contributed by atoms with Crippen molar-refractivity contribution in [2.75, 3.05) is 18.5 Å². The van der Waals surface area contributed by atoms with E-state index in [-0.39, 0.29) is 29.6 Å². The van der Waals surface area contributed by atoms with Crippen LogP contribution in [0.4, 0.5) is 11.4 Å². The van der Waals surface area contributed by atoms with Crippen molar-refractivity contribution >= 4 is 29.2 Å². The predicted octanol–water partition coefficient (Wildman–Crippen LogP) is 4.46. The number of rotatable bonds is 9. The summed E-state index contributed by atoms with van der Waals surface area (Å²) in [6.45, 7) is 10.4. The number of hydrogen-bond donors (Lipinski definition) is 3. The Bertz CT molecular complexity index is 1200. The molecule has 1 aliphatic carbocycles. The highest BCUT2D eigenvalue weighted by Crippen LogP contribution is 2.61. The summed E-state index contributed by atoms with van der Waals surface area (Å²) in [5, 5.41) is 14.8. The van der Waals surface area contributed by atoms with Crippen molar-refractivity contribution in [2.45, 2.75) is 50.9 Å². The van der Waals surface area contributed by atoms with E-state index in [1.807, 2.05) is 19.1 Å². The fourth-order valence-corrected chi connectivity index (χ4v) is 4.85. The molecule has 1 aliphatic heterocycles. The van der Waals surface area contributed by atoms with Gasteiger partial charge in [-0.15, -0.1) is 0 Å². The molecule has 0 aromatic heterocycles. The Balaban J connectivity index is 1.54. The summed E-state index contributed by atoms with van der Waals surface area (Å²) in [6.07, 6.45) is 3.16. The summed E-state index contributed by atoms with van der Waals surface area (Å²) in [7, 11) is 0. The van der Waals surface area contributed by atoms with E-state index in [4.69, 9.17) is 16.4 Å². The minimum Gasteiger partial charge on any atom is -0.493 e. The van der Waals surface area contributed by atoms with Gasteiger partial charge < -0.3 is 20.5 Å². The first-order valence-corrected chi connectivity index (χ1v) is 12.0. The molecule has 1 saturated carbocycles. The van der Waals surface area contributed by atoms with E-state index in [0.717, 1.165) is 17.5 Å². The van der Waals surface area contributed by atoms with Crippen LogP contribution in [0.15, 0.2) is 36.4 Å². The monoisotopic (exact) mass is 475 g/mol. The van der Waals surface area contributed by atoms with Gasteiger partial charge in [-0.25, -0.2) is 4.85 Å². The van der Waals surface area contributed by atoms with Gasteiger partial charge in [0.15, 0.2) is 5.69 Å². The number of hydrogen-bond acceptors (Lipinski definition) is 4. The van der Waals surface area contributed by atoms with E-state index in [1.165, 1.54) is 0 Å². The molecule has 8 nitrogen and oxygen atoms in total. The minimum absolute atomic E-state index is 0.0364. The lowest BCUT2D eigenvalue weighted by atomic mass is 9.86. The summed E-state index contributed by atoms with van der Waals surface area (Å²) >= 11 is 0. The molecule has 8 heteroatoms. The maximum absolute atomic E-state index is 13.3. The molecule has 1 heterocycles. The third-order valence-electron chi connectivity index (χ3n) is 6.83. The number of nitrogens with zero attached hydrogens (tertiary/aromatic N) is 1. The second kappa shape index (κ2) is 10.2. The standard InChI is InChI=1S/C27H29N3O5/c1-3-12-29-25(33)18-8-10-23-20(14-18)27(11-13-35-23)16-21(27)26(34)30-22-15-19(28-2)9-7-17(22)5-4-6-24(31)32/h7-10,14-15,21H,3-6,11-13,16H2,1H3,(H,29,33)(H,30,34)(H,31,32)/t21-,27-/m0/s1. The van der Waals surface area contributed by atoms with E-state index < -0.39 is 5.97 Å².